The minimum atomic E-state index is 0.311. The first-order chi connectivity index (χ1) is 32.7. The lowest BCUT2D eigenvalue weighted by Gasteiger charge is -2.19. The Morgan fingerprint density at radius 2 is 0.818 bits per heavy atom. The topological polar surface area (TPSA) is 25.8 Å². The molecule has 13 rings (SSSR count). The van der Waals surface area contributed by atoms with Gasteiger partial charge in [0.15, 0.2) is 0 Å². The van der Waals surface area contributed by atoms with Gasteiger partial charge in [-0.05, 0) is 119 Å². The number of rotatable bonds is 6. The van der Waals surface area contributed by atoms with E-state index in [1.807, 2.05) is 0 Å². The average molecular weight is 839 g/mol. The molecule has 0 saturated carbocycles. The number of hydrogen-bond donors (Lipinski definition) is 0. The van der Waals surface area contributed by atoms with Crippen LogP contribution in [0.1, 0.15) is 17.9 Å². The fourth-order valence-electron chi connectivity index (χ4n) is 10.5. The third kappa shape index (κ3) is 6.41. The fourth-order valence-corrected chi connectivity index (χ4v) is 10.5. The maximum atomic E-state index is 5.71. The standard InChI is InChI=1S/C64H42N2/c1-3-17-41(18-4-1)47-37-61(43-19-5-2-6-20-43)65-62(38-47)44-33-31-42(32-34-44)56-39-60-58(57-35-45-21-7-9-23-48(45)50-25-11-13-27-52(50)57)40-63(66-64(60)55-30-16-15-29-54(55)56)59-36-46-22-8-10-24-49(46)51-26-12-14-28-53(51)59/h1-17,19-41H,18H2. The van der Waals surface area contributed by atoms with E-state index in [-0.39, 0.29) is 0 Å². The predicted octanol–water partition coefficient (Wildman–Crippen LogP) is 17.3. The molecule has 1 atom stereocenters. The minimum Gasteiger partial charge on any atom is -0.248 e. The molecule has 1 aliphatic rings. The molecule has 66 heavy (non-hydrogen) atoms. The van der Waals surface area contributed by atoms with Gasteiger partial charge in [0.1, 0.15) is 0 Å². The van der Waals surface area contributed by atoms with Crippen molar-refractivity contribution in [2.45, 2.75) is 12.3 Å². The van der Waals surface area contributed by atoms with Crippen molar-refractivity contribution in [3.63, 3.8) is 0 Å². The van der Waals surface area contributed by atoms with Crippen molar-refractivity contribution in [1.29, 1.82) is 0 Å². The molecule has 10 aromatic carbocycles. The Morgan fingerprint density at radius 1 is 0.318 bits per heavy atom. The molecule has 0 amide bonds. The maximum Gasteiger partial charge on any atom is 0.0794 e. The highest BCUT2D eigenvalue weighted by molar-refractivity contribution is 6.21. The van der Waals surface area contributed by atoms with Gasteiger partial charge in [-0.1, -0.05) is 200 Å². The summed E-state index contributed by atoms with van der Waals surface area (Å²) in [5.74, 6) is 0.311. The maximum absolute atomic E-state index is 5.71. The third-order valence-corrected chi connectivity index (χ3v) is 13.7. The summed E-state index contributed by atoms with van der Waals surface area (Å²) in [7, 11) is 0. The van der Waals surface area contributed by atoms with Gasteiger partial charge in [-0.2, -0.15) is 0 Å². The molecule has 2 heteroatoms. The van der Waals surface area contributed by atoms with Crippen molar-refractivity contribution in [3.05, 3.63) is 242 Å². The zero-order valence-electron chi connectivity index (χ0n) is 36.2. The van der Waals surface area contributed by atoms with E-state index in [1.165, 1.54) is 70.7 Å². The summed E-state index contributed by atoms with van der Waals surface area (Å²) in [6, 6.07) is 77.6. The van der Waals surface area contributed by atoms with E-state index in [2.05, 4.69) is 237 Å². The number of benzene rings is 10. The van der Waals surface area contributed by atoms with E-state index >= 15 is 0 Å². The van der Waals surface area contributed by atoms with E-state index in [0.717, 1.165) is 62.0 Å². The molecule has 1 unspecified atom stereocenters. The van der Waals surface area contributed by atoms with Gasteiger partial charge in [0.25, 0.3) is 0 Å². The summed E-state index contributed by atoms with van der Waals surface area (Å²) in [6.07, 6.45) is 9.84. The normalized spacial score (nSPS) is 13.7. The lowest BCUT2D eigenvalue weighted by atomic mass is 9.87. The largest absolute Gasteiger partial charge is 0.248 e. The Morgan fingerprint density at radius 3 is 1.45 bits per heavy atom. The van der Waals surface area contributed by atoms with Crippen LogP contribution in [0.25, 0.3) is 121 Å². The SMILES string of the molecule is C1=CCC(c2cc(-c3ccccc3)nc(-c3ccc(-c4cc5c(-c6cc7ccccc7c7ccccc67)cc(-c6cc7ccccc7c7ccccc67)nc5c5ccccc45)cc3)c2)C=C1. The Balaban J connectivity index is 1.05. The lowest BCUT2D eigenvalue weighted by molar-refractivity contribution is 0.852. The van der Waals surface area contributed by atoms with Gasteiger partial charge in [0.2, 0.25) is 0 Å². The van der Waals surface area contributed by atoms with Crippen molar-refractivity contribution >= 4 is 64.8 Å². The first-order valence-corrected chi connectivity index (χ1v) is 22.9. The molecule has 0 spiro atoms. The second-order valence-electron chi connectivity index (χ2n) is 17.6. The summed E-state index contributed by atoms with van der Waals surface area (Å²) >= 11 is 0. The highest BCUT2D eigenvalue weighted by atomic mass is 14.7. The lowest BCUT2D eigenvalue weighted by Crippen LogP contribution is -2.00. The molecular formula is C64H42N2. The number of aromatic nitrogens is 2. The van der Waals surface area contributed by atoms with Gasteiger partial charge in [0, 0.05) is 33.4 Å². The van der Waals surface area contributed by atoms with Crippen LogP contribution in [0.5, 0.6) is 0 Å². The van der Waals surface area contributed by atoms with Crippen LogP contribution in [0.15, 0.2) is 237 Å². The van der Waals surface area contributed by atoms with Crippen LogP contribution in [0.2, 0.25) is 0 Å². The molecule has 2 aromatic heterocycles. The van der Waals surface area contributed by atoms with Gasteiger partial charge in [-0.3, -0.25) is 0 Å². The Kier molecular flexibility index (Phi) is 9.02. The molecule has 0 radical (unpaired) electrons. The summed E-state index contributed by atoms with van der Waals surface area (Å²) in [4.78, 5) is 11.0. The molecule has 1 aliphatic carbocycles. The minimum absolute atomic E-state index is 0.311. The average Bonchev–Trinajstić information content (AvgIpc) is 3.40. The van der Waals surface area contributed by atoms with Gasteiger partial charge in [-0.25, -0.2) is 9.97 Å². The Hall–Kier alpha value is -8.46. The van der Waals surface area contributed by atoms with E-state index in [0.29, 0.717) is 5.92 Å². The molecular weight excluding hydrogens is 797 g/mol. The van der Waals surface area contributed by atoms with Crippen molar-refractivity contribution in [3.8, 4) is 56.0 Å². The molecule has 2 nitrogen and oxygen atoms in total. The van der Waals surface area contributed by atoms with Crippen LogP contribution in [0, 0.1) is 0 Å². The summed E-state index contributed by atoms with van der Waals surface area (Å²) < 4.78 is 0. The monoisotopic (exact) mass is 838 g/mol. The van der Waals surface area contributed by atoms with Crippen LogP contribution in [0.4, 0.5) is 0 Å². The van der Waals surface area contributed by atoms with E-state index in [4.69, 9.17) is 9.97 Å². The van der Waals surface area contributed by atoms with Crippen molar-refractivity contribution < 1.29 is 0 Å². The zero-order valence-corrected chi connectivity index (χ0v) is 36.2. The van der Waals surface area contributed by atoms with E-state index < -0.39 is 0 Å². The molecule has 0 bridgehead atoms. The molecule has 0 N–H and O–H groups in total. The first-order valence-electron chi connectivity index (χ1n) is 22.9. The van der Waals surface area contributed by atoms with Gasteiger partial charge >= 0.3 is 0 Å². The quantitative estimate of drug-likeness (QED) is 0.156. The van der Waals surface area contributed by atoms with Crippen LogP contribution >= 0.6 is 0 Å². The molecule has 0 saturated heterocycles. The smallest absolute Gasteiger partial charge is 0.0794 e. The summed E-state index contributed by atoms with van der Waals surface area (Å²) in [5, 5.41) is 13.2. The molecule has 0 aliphatic heterocycles. The number of nitrogens with zero attached hydrogens (tertiary/aromatic N) is 2. The molecule has 2 heterocycles. The summed E-state index contributed by atoms with van der Waals surface area (Å²) in [6.45, 7) is 0. The van der Waals surface area contributed by atoms with Crippen molar-refractivity contribution in [1.82, 2.24) is 9.97 Å². The van der Waals surface area contributed by atoms with Crippen molar-refractivity contribution in [2.24, 2.45) is 0 Å². The number of allylic oxidation sites excluding steroid dienone is 4. The second kappa shape index (κ2) is 15.7. The first kappa shape index (κ1) is 38.0. The number of hydrogen-bond acceptors (Lipinski definition) is 2. The van der Waals surface area contributed by atoms with Crippen molar-refractivity contribution in [2.75, 3.05) is 0 Å². The van der Waals surface area contributed by atoms with Crippen LogP contribution in [-0.2, 0) is 0 Å². The Labute approximate surface area is 383 Å². The fraction of sp³-hybridized carbons (Fsp3) is 0.0312. The van der Waals surface area contributed by atoms with Gasteiger partial charge in [-0.15, -0.1) is 0 Å². The number of pyridine rings is 2. The second-order valence-corrected chi connectivity index (χ2v) is 17.6. The highest BCUT2D eigenvalue weighted by Gasteiger charge is 2.21. The van der Waals surface area contributed by atoms with Gasteiger partial charge in [0.05, 0.1) is 22.6 Å². The van der Waals surface area contributed by atoms with E-state index in [9.17, 15) is 0 Å². The van der Waals surface area contributed by atoms with E-state index in [1.54, 1.807) is 0 Å². The molecule has 12 aromatic rings. The highest BCUT2D eigenvalue weighted by Crippen LogP contribution is 2.45. The van der Waals surface area contributed by atoms with Crippen LogP contribution < -0.4 is 0 Å². The zero-order chi connectivity index (χ0) is 43.6. The van der Waals surface area contributed by atoms with Crippen LogP contribution in [0.3, 0.4) is 0 Å². The number of fused-ring (bicyclic) bond motifs is 9. The molecule has 0 fully saturated rings. The molecule has 308 valence electrons. The Bertz CT molecular complexity index is 3950. The predicted molar refractivity (Wildman–Crippen MR) is 280 cm³/mol. The summed E-state index contributed by atoms with van der Waals surface area (Å²) in [5.41, 5.74) is 13.2. The van der Waals surface area contributed by atoms with Gasteiger partial charge < -0.3 is 0 Å². The third-order valence-electron chi connectivity index (χ3n) is 13.7. The van der Waals surface area contributed by atoms with Crippen LogP contribution in [-0.4, -0.2) is 9.97 Å².